The van der Waals surface area contributed by atoms with Gasteiger partial charge in [-0.1, -0.05) is 43.2 Å². The van der Waals surface area contributed by atoms with Crippen LogP contribution in [-0.2, 0) is 32.3 Å². The van der Waals surface area contributed by atoms with E-state index >= 15 is 0 Å². The summed E-state index contributed by atoms with van der Waals surface area (Å²) in [5.41, 5.74) is 0.274. The highest BCUT2D eigenvalue weighted by molar-refractivity contribution is 5.86. The van der Waals surface area contributed by atoms with Crippen molar-refractivity contribution in [1.29, 1.82) is 0 Å². The molecule has 0 aromatic heterocycles. The lowest BCUT2D eigenvalue weighted by molar-refractivity contribution is -0.149. The van der Waals surface area contributed by atoms with Crippen molar-refractivity contribution in [3.05, 3.63) is 71.0 Å². The second-order valence-corrected chi connectivity index (χ2v) is 9.13. The van der Waals surface area contributed by atoms with Crippen LogP contribution in [-0.4, -0.2) is 34.8 Å². The van der Waals surface area contributed by atoms with Crippen LogP contribution in [0, 0.1) is 23.4 Å². The molecule has 9 heteroatoms. The molecular weight excluding hydrogens is 461 g/mol. The summed E-state index contributed by atoms with van der Waals surface area (Å²) >= 11 is 0. The lowest BCUT2D eigenvalue weighted by atomic mass is 10.1. The minimum Gasteiger partial charge on any atom is -0.459 e. The first-order valence-corrected chi connectivity index (χ1v) is 11.7. The van der Waals surface area contributed by atoms with E-state index < -0.39 is 41.4 Å². The van der Waals surface area contributed by atoms with E-state index in [-0.39, 0.29) is 43.0 Å². The van der Waals surface area contributed by atoms with Gasteiger partial charge in [0.25, 0.3) is 0 Å². The van der Waals surface area contributed by atoms with E-state index in [1.807, 2.05) is 0 Å². The normalized spacial score (nSPS) is 18.4. The van der Waals surface area contributed by atoms with Crippen LogP contribution < -0.4 is 5.32 Å². The second kappa shape index (κ2) is 10.9. The van der Waals surface area contributed by atoms with Crippen LogP contribution in [0.25, 0.3) is 0 Å². The van der Waals surface area contributed by atoms with E-state index in [1.165, 1.54) is 35.2 Å². The number of carbonyl (C=O) groups excluding carboxylic acids is 3. The molecule has 2 aromatic carbocycles. The fourth-order valence-electron chi connectivity index (χ4n) is 4.31. The number of esters is 1. The third-order valence-electron chi connectivity index (χ3n) is 6.46. The molecule has 6 nitrogen and oxygen atoms in total. The van der Waals surface area contributed by atoms with Gasteiger partial charge in [-0.3, -0.25) is 9.59 Å². The van der Waals surface area contributed by atoms with Gasteiger partial charge in [0.1, 0.15) is 18.5 Å². The number of rotatable bonds is 10. The molecule has 4 rings (SSSR count). The third-order valence-corrected chi connectivity index (χ3v) is 6.46. The Morgan fingerprint density at radius 3 is 2.46 bits per heavy atom. The van der Waals surface area contributed by atoms with Gasteiger partial charge in [0.2, 0.25) is 11.8 Å². The number of ether oxygens (including phenoxy) is 1. The molecule has 2 atom stereocenters. The summed E-state index contributed by atoms with van der Waals surface area (Å²) in [5.74, 6) is -3.52. The minimum atomic E-state index is -1.02. The molecule has 35 heavy (non-hydrogen) atoms. The summed E-state index contributed by atoms with van der Waals surface area (Å²) in [7, 11) is 0. The maximum atomic E-state index is 14.1. The van der Waals surface area contributed by atoms with E-state index in [2.05, 4.69) is 5.32 Å². The van der Waals surface area contributed by atoms with Crippen LogP contribution in [0.4, 0.5) is 13.2 Å². The fourth-order valence-corrected chi connectivity index (χ4v) is 4.31. The molecule has 186 valence electrons. The molecule has 0 unspecified atom stereocenters. The zero-order valence-corrected chi connectivity index (χ0v) is 19.1. The molecule has 0 bridgehead atoms. The van der Waals surface area contributed by atoms with Gasteiger partial charge < -0.3 is 15.0 Å². The zero-order chi connectivity index (χ0) is 24.9. The maximum absolute atomic E-state index is 14.1. The van der Waals surface area contributed by atoms with Gasteiger partial charge in [0.05, 0.1) is 0 Å². The first-order chi connectivity index (χ1) is 16.8. The first-order valence-electron chi connectivity index (χ1n) is 11.7. The molecule has 0 radical (unpaired) electrons. The van der Waals surface area contributed by atoms with E-state index in [1.54, 1.807) is 6.07 Å². The van der Waals surface area contributed by atoms with Crippen molar-refractivity contribution in [2.24, 2.45) is 5.92 Å². The van der Waals surface area contributed by atoms with Gasteiger partial charge in [-0.25, -0.2) is 18.0 Å². The van der Waals surface area contributed by atoms with E-state index in [9.17, 15) is 27.6 Å². The molecule has 1 heterocycles. The lowest BCUT2D eigenvalue weighted by Gasteiger charge is -2.26. The van der Waals surface area contributed by atoms with Crippen molar-refractivity contribution in [2.45, 2.75) is 63.8 Å². The van der Waals surface area contributed by atoms with Crippen molar-refractivity contribution in [1.82, 2.24) is 10.2 Å². The Labute approximate surface area is 201 Å². The first kappa shape index (κ1) is 24.8. The average Bonchev–Trinajstić information content (AvgIpc) is 3.59. The van der Waals surface area contributed by atoms with Crippen LogP contribution in [0.5, 0.6) is 0 Å². The smallest absolute Gasteiger partial charge is 0.328 e. The number of hydrogen-bond acceptors (Lipinski definition) is 4. The van der Waals surface area contributed by atoms with Crippen molar-refractivity contribution in [3.63, 3.8) is 0 Å². The van der Waals surface area contributed by atoms with Gasteiger partial charge in [-0.2, -0.15) is 0 Å². The summed E-state index contributed by atoms with van der Waals surface area (Å²) in [6, 6.07) is 8.36. The van der Waals surface area contributed by atoms with Crippen LogP contribution in [0.1, 0.15) is 49.7 Å². The van der Waals surface area contributed by atoms with E-state index in [0.717, 1.165) is 18.9 Å². The van der Waals surface area contributed by atoms with Crippen molar-refractivity contribution in [3.8, 4) is 0 Å². The predicted molar refractivity (Wildman–Crippen MR) is 120 cm³/mol. The third kappa shape index (κ3) is 6.41. The lowest BCUT2D eigenvalue weighted by Crippen LogP contribution is -2.44. The topological polar surface area (TPSA) is 75.7 Å². The van der Waals surface area contributed by atoms with Gasteiger partial charge in [-0.15, -0.1) is 0 Å². The molecule has 1 saturated heterocycles. The molecule has 1 saturated carbocycles. The molecule has 2 aromatic rings. The second-order valence-electron chi connectivity index (χ2n) is 9.13. The largest absolute Gasteiger partial charge is 0.459 e. The van der Waals surface area contributed by atoms with Crippen LogP contribution in [0.3, 0.4) is 0 Å². The highest BCUT2D eigenvalue weighted by Crippen LogP contribution is 2.34. The summed E-state index contributed by atoms with van der Waals surface area (Å²) in [6.07, 6.45) is 2.85. The van der Waals surface area contributed by atoms with Crippen molar-refractivity contribution < 1.29 is 32.3 Å². The number of amides is 2. The number of halogens is 3. The van der Waals surface area contributed by atoms with E-state index in [4.69, 9.17) is 4.74 Å². The quantitative estimate of drug-likeness (QED) is 0.513. The Hall–Kier alpha value is -3.36. The Morgan fingerprint density at radius 1 is 1.00 bits per heavy atom. The Bertz CT molecular complexity index is 1110. The van der Waals surface area contributed by atoms with Gasteiger partial charge >= 0.3 is 5.97 Å². The molecule has 1 aliphatic heterocycles. The van der Waals surface area contributed by atoms with Gasteiger partial charge in [0, 0.05) is 36.6 Å². The Morgan fingerprint density at radius 2 is 1.71 bits per heavy atom. The fraction of sp³-hybridized carbons (Fsp3) is 0.423. The minimum absolute atomic E-state index is 0.0361. The number of hydrogen-bond donors (Lipinski definition) is 1. The predicted octanol–water partition coefficient (Wildman–Crippen LogP) is 4.01. The molecule has 2 fully saturated rings. The van der Waals surface area contributed by atoms with Crippen molar-refractivity contribution >= 4 is 17.8 Å². The maximum Gasteiger partial charge on any atom is 0.328 e. The number of nitrogens with one attached hydrogen (secondary N) is 1. The number of benzene rings is 2. The monoisotopic (exact) mass is 488 g/mol. The highest BCUT2D eigenvalue weighted by atomic mass is 19.2. The van der Waals surface area contributed by atoms with E-state index in [0.29, 0.717) is 18.8 Å². The summed E-state index contributed by atoms with van der Waals surface area (Å²) in [6.45, 7) is -0.386. The molecule has 1 N–H and O–H groups in total. The highest BCUT2D eigenvalue weighted by Gasteiger charge is 2.35. The van der Waals surface area contributed by atoms with Crippen LogP contribution in [0.2, 0.25) is 0 Å². The summed E-state index contributed by atoms with van der Waals surface area (Å²) in [5, 5.41) is 2.71. The van der Waals surface area contributed by atoms with Gasteiger partial charge in [0.15, 0.2) is 11.6 Å². The Balaban J connectivity index is 1.36. The summed E-state index contributed by atoms with van der Waals surface area (Å²) < 4.78 is 46.8. The molecule has 2 amide bonds. The molecule has 0 spiro atoms. The molecule has 2 aliphatic rings. The standard InChI is InChI=1S/C26H27F3N2O4/c27-20-6-2-1-4-18(20)15-35-26(34)22(12-16-8-9-16)30-23(32)13-19-10-11-24(33)31(19)14-17-5-3-7-21(28)25(17)29/h1-7,16,19,22H,8-15H2,(H,30,32)/t19-,22-/m0/s1. The van der Waals surface area contributed by atoms with Crippen LogP contribution in [0.15, 0.2) is 42.5 Å². The van der Waals surface area contributed by atoms with Crippen LogP contribution >= 0.6 is 0 Å². The average molecular weight is 489 g/mol. The van der Waals surface area contributed by atoms with Crippen molar-refractivity contribution in [2.75, 3.05) is 0 Å². The molecule has 1 aliphatic carbocycles. The van der Waals surface area contributed by atoms with Gasteiger partial charge in [-0.05, 0) is 30.9 Å². The zero-order valence-electron chi connectivity index (χ0n) is 19.1. The number of nitrogens with zero attached hydrogens (tertiary/aromatic N) is 1. The number of likely N-dealkylation sites (tertiary alicyclic amines) is 1. The SMILES string of the molecule is O=C(C[C@@H]1CCC(=O)N1Cc1cccc(F)c1F)N[C@@H](CC1CC1)C(=O)OCc1ccccc1F. The number of carbonyl (C=O) groups is 3. The Kier molecular flexibility index (Phi) is 7.73. The molecular formula is C26H27F3N2O4. The summed E-state index contributed by atoms with van der Waals surface area (Å²) in [4.78, 5) is 39.3.